The molecule has 1 aliphatic heterocycles. The monoisotopic (exact) mass is 297 g/mol. The van der Waals surface area contributed by atoms with Crippen molar-refractivity contribution in [3.8, 4) is 0 Å². The normalized spacial score (nSPS) is 29.0. The van der Waals surface area contributed by atoms with Crippen LogP contribution in [0.1, 0.15) is 17.3 Å². The van der Waals surface area contributed by atoms with Gasteiger partial charge in [-0.15, -0.1) is 0 Å². The summed E-state index contributed by atoms with van der Waals surface area (Å²) in [5.74, 6) is -0.406. The van der Waals surface area contributed by atoms with Crippen LogP contribution in [0.3, 0.4) is 0 Å². The zero-order valence-corrected chi connectivity index (χ0v) is 11.6. The fourth-order valence-electron chi connectivity index (χ4n) is 2.01. The van der Waals surface area contributed by atoms with E-state index < -0.39 is 30.5 Å². The predicted octanol–water partition coefficient (Wildman–Crippen LogP) is -0.286. The van der Waals surface area contributed by atoms with E-state index in [1.165, 1.54) is 0 Å². The van der Waals surface area contributed by atoms with Crippen LogP contribution in [-0.4, -0.2) is 59.0 Å². The number of carbonyl (C=O) groups excluding carboxylic acids is 1. The molecule has 1 aliphatic rings. The summed E-state index contributed by atoms with van der Waals surface area (Å²) in [6, 6.07) is 6.45. The highest BCUT2D eigenvalue weighted by Gasteiger charge is 2.37. The van der Waals surface area contributed by atoms with Gasteiger partial charge in [0.2, 0.25) is 0 Å². The number of aliphatic hydroxyl groups excluding tert-OH is 3. The Morgan fingerprint density at radius 2 is 1.95 bits per heavy atom. The zero-order chi connectivity index (χ0) is 15.4. The molecular weight excluding hydrogens is 278 g/mol. The van der Waals surface area contributed by atoms with Gasteiger partial charge in [-0.2, -0.15) is 0 Å². The summed E-state index contributed by atoms with van der Waals surface area (Å²) in [6.45, 7) is 1.97. The van der Waals surface area contributed by atoms with Gasteiger partial charge in [0.25, 0.3) is 0 Å². The fourth-order valence-corrected chi connectivity index (χ4v) is 2.01. The first-order chi connectivity index (χ1) is 10.0. The van der Waals surface area contributed by atoms with Gasteiger partial charge in [0.05, 0.1) is 18.8 Å². The third-order valence-electron chi connectivity index (χ3n) is 3.21. The molecule has 2 rings (SSSR count). The maximum absolute atomic E-state index is 11.5. The topological polar surface area (TPSA) is 108 Å². The Balaban J connectivity index is 1.99. The van der Waals surface area contributed by atoms with Gasteiger partial charge < -0.3 is 30.1 Å². The Morgan fingerprint density at radius 1 is 1.29 bits per heavy atom. The second-order valence-corrected chi connectivity index (χ2v) is 4.74. The van der Waals surface area contributed by atoms with Gasteiger partial charge in [-0.05, 0) is 31.2 Å². The molecular formula is C14H19NO6. The summed E-state index contributed by atoms with van der Waals surface area (Å²) in [4.78, 5) is 11.5. The summed E-state index contributed by atoms with van der Waals surface area (Å²) in [5, 5.41) is 31.6. The van der Waals surface area contributed by atoms with E-state index in [2.05, 4.69) is 5.32 Å². The van der Waals surface area contributed by atoms with Crippen molar-refractivity contribution in [1.82, 2.24) is 0 Å². The molecule has 1 saturated heterocycles. The van der Waals surface area contributed by atoms with Crippen LogP contribution in [0.5, 0.6) is 0 Å². The first-order valence-electron chi connectivity index (χ1n) is 6.72. The van der Waals surface area contributed by atoms with E-state index in [0.717, 1.165) is 0 Å². The van der Waals surface area contributed by atoms with E-state index in [4.69, 9.17) is 9.47 Å². The third kappa shape index (κ3) is 3.70. The molecule has 0 radical (unpaired) electrons. The molecule has 0 saturated carbocycles. The summed E-state index contributed by atoms with van der Waals surface area (Å²) in [5.41, 5.74) is 1.03. The van der Waals surface area contributed by atoms with Crippen molar-refractivity contribution in [2.45, 2.75) is 31.5 Å². The molecule has 0 amide bonds. The molecule has 7 heteroatoms. The summed E-state index contributed by atoms with van der Waals surface area (Å²) in [7, 11) is 0. The van der Waals surface area contributed by atoms with Crippen LogP contribution < -0.4 is 5.32 Å². The molecule has 0 unspecified atom stereocenters. The number of hydrogen-bond acceptors (Lipinski definition) is 7. The molecule has 0 aromatic heterocycles. The average Bonchev–Trinajstić information content (AvgIpc) is 2.49. The standard InChI is InChI=1S/C14H19NO6/c1-2-20-14(19)8-3-5-9(6-4-8)15-13-12(18)11(17)10(16)7-21-13/h3-6,10-13,15-18H,2,7H2,1H3/t10-,11+,12-,13+/m1/s1. The quantitative estimate of drug-likeness (QED) is 0.566. The van der Waals surface area contributed by atoms with Crippen molar-refractivity contribution >= 4 is 11.7 Å². The molecule has 1 aromatic carbocycles. The maximum atomic E-state index is 11.5. The third-order valence-corrected chi connectivity index (χ3v) is 3.21. The summed E-state index contributed by atoms with van der Waals surface area (Å²) < 4.78 is 10.1. The second-order valence-electron chi connectivity index (χ2n) is 4.74. The van der Waals surface area contributed by atoms with E-state index >= 15 is 0 Å². The van der Waals surface area contributed by atoms with E-state index in [9.17, 15) is 20.1 Å². The zero-order valence-electron chi connectivity index (χ0n) is 11.6. The molecule has 1 fully saturated rings. The van der Waals surface area contributed by atoms with Crippen LogP contribution in [-0.2, 0) is 9.47 Å². The second kappa shape index (κ2) is 6.86. The minimum Gasteiger partial charge on any atom is -0.462 e. The van der Waals surface area contributed by atoms with Crippen molar-refractivity contribution in [2.75, 3.05) is 18.5 Å². The number of aliphatic hydroxyl groups is 3. The number of carbonyl (C=O) groups is 1. The van der Waals surface area contributed by atoms with Crippen molar-refractivity contribution in [3.63, 3.8) is 0 Å². The van der Waals surface area contributed by atoms with Crippen molar-refractivity contribution in [3.05, 3.63) is 29.8 Å². The van der Waals surface area contributed by atoms with Gasteiger partial charge in [-0.3, -0.25) is 0 Å². The van der Waals surface area contributed by atoms with Gasteiger partial charge in [0.1, 0.15) is 18.3 Å². The first kappa shape index (κ1) is 15.7. The molecule has 0 bridgehead atoms. The molecule has 4 atom stereocenters. The molecule has 1 aromatic rings. The molecule has 0 aliphatic carbocycles. The van der Waals surface area contributed by atoms with Crippen LogP contribution in [0.15, 0.2) is 24.3 Å². The van der Waals surface area contributed by atoms with Crippen molar-refractivity contribution in [1.29, 1.82) is 0 Å². The SMILES string of the molecule is CCOC(=O)c1ccc(N[C@H]2OC[C@@H](O)[C@H](O)[C@H]2O)cc1. The largest absolute Gasteiger partial charge is 0.462 e. The lowest BCUT2D eigenvalue weighted by atomic mass is 10.0. The van der Waals surface area contributed by atoms with E-state index in [-0.39, 0.29) is 6.61 Å². The number of esters is 1. The lowest BCUT2D eigenvalue weighted by molar-refractivity contribution is -0.178. The minimum atomic E-state index is -1.27. The smallest absolute Gasteiger partial charge is 0.338 e. The van der Waals surface area contributed by atoms with Gasteiger partial charge in [0.15, 0.2) is 6.23 Å². The van der Waals surface area contributed by atoms with Gasteiger partial charge in [-0.1, -0.05) is 0 Å². The van der Waals surface area contributed by atoms with E-state index in [1.807, 2.05) is 0 Å². The van der Waals surface area contributed by atoms with Crippen molar-refractivity contribution in [2.24, 2.45) is 0 Å². The summed E-state index contributed by atoms with van der Waals surface area (Å²) in [6.07, 6.45) is -4.46. The Labute approximate surface area is 122 Å². The molecule has 7 nitrogen and oxygen atoms in total. The average molecular weight is 297 g/mol. The molecule has 1 heterocycles. The highest BCUT2D eigenvalue weighted by Crippen LogP contribution is 2.19. The number of nitrogens with one attached hydrogen (secondary N) is 1. The van der Waals surface area contributed by atoms with Crippen LogP contribution >= 0.6 is 0 Å². The first-order valence-corrected chi connectivity index (χ1v) is 6.72. The van der Waals surface area contributed by atoms with Crippen LogP contribution in [0.2, 0.25) is 0 Å². The van der Waals surface area contributed by atoms with Crippen LogP contribution in [0.25, 0.3) is 0 Å². The molecule has 116 valence electrons. The molecule has 4 N–H and O–H groups in total. The predicted molar refractivity (Wildman–Crippen MR) is 73.8 cm³/mol. The Morgan fingerprint density at radius 3 is 2.57 bits per heavy atom. The Hall–Kier alpha value is -1.67. The van der Waals surface area contributed by atoms with Gasteiger partial charge >= 0.3 is 5.97 Å². The number of anilines is 1. The van der Waals surface area contributed by atoms with Gasteiger partial charge in [0, 0.05) is 5.69 Å². The minimum absolute atomic E-state index is 0.0726. The molecule has 21 heavy (non-hydrogen) atoms. The van der Waals surface area contributed by atoms with E-state index in [0.29, 0.717) is 17.9 Å². The van der Waals surface area contributed by atoms with E-state index in [1.54, 1.807) is 31.2 Å². The number of rotatable bonds is 4. The highest BCUT2D eigenvalue weighted by molar-refractivity contribution is 5.89. The highest BCUT2D eigenvalue weighted by atomic mass is 16.5. The number of hydrogen-bond donors (Lipinski definition) is 4. The van der Waals surface area contributed by atoms with Gasteiger partial charge in [-0.25, -0.2) is 4.79 Å². The number of benzene rings is 1. The number of ether oxygens (including phenoxy) is 2. The Bertz CT molecular complexity index is 477. The lowest BCUT2D eigenvalue weighted by Gasteiger charge is -2.35. The lowest BCUT2D eigenvalue weighted by Crippen LogP contribution is -2.55. The summed E-state index contributed by atoms with van der Waals surface area (Å²) >= 11 is 0. The van der Waals surface area contributed by atoms with Crippen LogP contribution in [0, 0.1) is 0 Å². The fraction of sp³-hybridized carbons (Fsp3) is 0.500. The van der Waals surface area contributed by atoms with Crippen LogP contribution in [0.4, 0.5) is 5.69 Å². The van der Waals surface area contributed by atoms with Crippen molar-refractivity contribution < 1.29 is 29.6 Å². The maximum Gasteiger partial charge on any atom is 0.338 e. The molecule has 0 spiro atoms. The Kier molecular flexibility index (Phi) is 5.13.